The summed E-state index contributed by atoms with van der Waals surface area (Å²) in [6, 6.07) is 2.01. The highest BCUT2D eigenvalue weighted by atomic mass is 16.5. The van der Waals surface area contributed by atoms with Crippen LogP contribution in [0.3, 0.4) is 0 Å². The van der Waals surface area contributed by atoms with Gasteiger partial charge in [-0.1, -0.05) is 5.16 Å². The number of rotatable bonds is 8. The second kappa shape index (κ2) is 10.1. The van der Waals surface area contributed by atoms with Crippen molar-refractivity contribution in [1.82, 2.24) is 35.0 Å². The number of guanidine groups is 1. The number of hydrogen-bond donors (Lipinski definition) is 1. The highest BCUT2D eigenvalue weighted by Crippen LogP contribution is 2.09. The van der Waals surface area contributed by atoms with Crippen LogP contribution in [0.1, 0.15) is 31.2 Å². The maximum absolute atomic E-state index is 5.16. The van der Waals surface area contributed by atoms with Crippen LogP contribution < -0.4 is 5.32 Å². The monoisotopic (exact) mass is 374 g/mol. The molecule has 0 atom stereocenters. The Labute approximate surface area is 160 Å². The minimum atomic E-state index is 0.836. The van der Waals surface area contributed by atoms with Crippen LogP contribution in [0.5, 0.6) is 0 Å². The molecule has 9 heteroatoms. The van der Waals surface area contributed by atoms with Gasteiger partial charge in [-0.2, -0.15) is 0 Å². The summed E-state index contributed by atoms with van der Waals surface area (Å²) < 4.78 is 7.16. The van der Waals surface area contributed by atoms with E-state index >= 15 is 0 Å². The lowest BCUT2D eigenvalue weighted by atomic mass is 10.3. The lowest BCUT2D eigenvalue weighted by Crippen LogP contribution is -2.52. The topological polar surface area (TPSA) is 87.6 Å². The molecule has 2 aromatic heterocycles. The fourth-order valence-corrected chi connectivity index (χ4v) is 3.19. The van der Waals surface area contributed by atoms with Crippen LogP contribution >= 0.6 is 0 Å². The lowest BCUT2D eigenvalue weighted by Gasteiger charge is -2.36. The molecular weight excluding hydrogens is 344 g/mol. The molecule has 1 aliphatic rings. The summed E-state index contributed by atoms with van der Waals surface area (Å²) in [5.74, 6) is 1.90. The minimum absolute atomic E-state index is 0.836. The molecule has 27 heavy (non-hydrogen) atoms. The molecule has 148 valence electrons. The highest BCUT2D eigenvalue weighted by molar-refractivity contribution is 5.80. The van der Waals surface area contributed by atoms with Gasteiger partial charge in [0.2, 0.25) is 0 Å². The van der Waals surface area contributed by atoms with Gasteiger partial charge in [-0.15, -0.1) is 10.2 Å². The van der Waals surface area contributed by atoms with Gasteiger partial charge in [-0.05, 0) is 26.7 Å². The predicted molar refractivity (Wildman–Crippen MR) is 103 cm³/mol. The third kappa shape index (κ3) is 6.06. The largest absolute Gasteiger partial charge is 0.361 e. The highest BCUT2D eigenvalue weighted by Gasteiger charge is 2.20. The first-order valence-electron chi connectivity index (χ1n) is 9.75. The van der Waals surface area contributed by atoms with Gasteiger partial charge in [-0.25, -0.2) is 0 Å². The molecule has 2 aromatic rings. The minimum Gasteiger partial charge on any atom is -0.361 e. The van der Waals surface area contributed by atoms with Crippen LogP contribution in [0.25, 0.3) is 0 Å². The van der Waals surface area contributed by atoms with Crippen LogP contribution in [0.2, 0.25) is 0 Å². The van der Waals surface area contributed by atoms with Gasteiger partial charge in [0.25, 0.3) is 0 Å². The van der Waals surface area contributed by atoms with E-state index in [2.05, 4.69) is 37.4 Å². The maximum atomic E-state index is 5.16. The Hall–Kier alpha value is -2.42. The van der Waals surface area contributed by atoms with Crippen molar-refractivity contribution in [1.29, 1.82) is 0 Å². The van der Waals surface area contributed by atoms with E-state index in [4.69, 9.17) is 9.52 Å². The first-order chi connectivity index (χ1) is 13.2. The summed E-state index contributed by atoms with van der Waals surface area (Å²) in [4.78, 5) is 9.58. The number of unbranched alkanes of at least 4 members (excludes halogenated alkanes) is 1. The van der Waals surface area contributed by atoms with E-state index < -0.39 is 0 Å². The fourth-order valence-electron chi connectivity index (χ4n) is 3.19. The quantitative estimate of drug-likeness (QED) is 0.421. The Kier molecular flexibility index (Phi) is 7.20. The van der Waals surface area contributed by atoms with E-state index in [9.17, 15) is 0 Å². The van der Waals surface area contributed by atoms with E-state index in [-0.39, 0.29) is 0 Å². The third-order valence-corrected chi connectivity index (χ3v) is 4.62. The molecule has 0 amide bonds. The average molecular weight is 374 g/mol. The summed E-state index contributed by atoms with van der Waals surface area (Å²) in [7, 11) is 0. The molecule has 9 nitrogen and oxygen atoms in total. The second-order valence-corrected chi connectivity index (χ2v) is 6.83. The van der Waals surface area contributed by atoms with Gasteiger partial charge in [0.15, 0.2) is 5.96 Å². The molecule has 0 aromatic carbocycles. The van der Waals surface area contributed by atoms with E-state index in [1.165, 1.54) is 0 Å². The molecule has 0 aliphatic carbocycles. The van der Waals surface area contributed by atoms with Crippen molar-refractivity contribution in [3.63, 3.8) is 0 Å². The van der Waals surface area contributed by atoms with Gasteiger partial charge in [0.1, 0.15) is 18.4 Å². The van der Waals surface area contributed by atoms with E-state index in [1.54, 1.807) is 12.7 Å². The van der Waals surface area contributed by atoms with Crippen molar-refractivity contribution < 1.29 is 4.52 Å². The van der Waals surface area contributed by atoms with Crippen molar-refractivity contribution >= 4 is 5.96 Å². The number of nitrogens with zero attached hydrogens (tertiary/aromatic N) is 7. The number of aryl methyl sites for hydroxylation is 2. The molecule has 1 saturated heterocycles. The van der Waals surface area contributed by atoms with Gasteiger partial charge in [0, 0.05) is 58.4 Å². The molecule has 3 rings (SSSR count). The summed E-state index contributed by atoms with van der Waals surface area (Å²) in [5, 5.41) is 15.2. The Morgan fingerprint density at radius 3 is 2.63 bits per heavy atom. The zero-order chi connectivity index (χ0) is 18.9. The van der Waals surface area contributed by atoms with E-state index in [1.807, 2.05) is 17.6 Å². The molecule has 0 unspecified atom stereocenters. The zero-order valence-corrected chi connectivity index (χ0v) is 16.3. The van der Waals surface area contributed by atoms with Gasteiger partial charge in [0.05, 0.1) is 5.69 Å². The van der Waals surface area contributed by atoms with Gasteiger partial charge in [-0.3, -0.25) is 9.89 Å². The number of aromatic nitrogens is 4. The molecule has 0 spiro atoms. The number of piperazine rings is 1. The summed E-state index contributed by atoms with van der Waals surface area (Å²) in [6.07, 6.45) is 5.64. The van der Waals surface area contributed by atoms with Gasteiger partial charge >= 0.3 is 0 Å². The van der Waals surface area contributed by atoms with Crippen molar-refractivity contribution in [3.8, 4) is 0 Å². The molecule has 0 bridgehead atoms. The van der Waals surface area contributed by atoms with E-state index in [0.29, 0.717) is 0 Å². The molecular formula is C18H30N8O. The van der Waals surface area contributed by atoms with Crippen molar-refractivity contribution in [3.05, 3.63) is 30.2 Å². The van der Waals surface area contributed by atoms with Crippen molar-refractivity contribution in [2.75, 3.05) is 39.3 Å². The van der Waals surface area contributed by atoms with Crippen LogP contribution in [0, 0.1) is 6.92 Å². The molecule has 1 fully saturated rings. The molecule has 0 saturated carbocycles. The Balaban J connectivity index is 1.41. The fraction of sp³-hybridized carbons (Fsp3) is 0.667. The van der Waals surface area contributed by atoms with Crippen molar-refractivity contribution in [2.24, 2.45) is 4.99 Å². The number of aliphatic imine (C=N–C) groups is 1. The smallest absolute Gasteiger partial charge is 0.194 e. The van der Waals surface area contributed by atoms with Crippen LogP contribution in [-0.2, 0) is 13.1 Å². The lowest BCUT2D eigenvalue weighted by molar-refractivity contribution is 0.169. The van der Waals surface area contributed by atoms with Crippen LogP contribution in [0.15, 0.2) is 28.2 Å². The number of nitrogens with one attached hydrogen (secondary N) is 1. The van der Waals surface area contributed by atoms with E-state index in [0.717, 1.165) is 82.6 Å². The summed E-state index contributed by atoms with van der Waals surface area (Å²) >= 11 is 0. The predicted octanol–water partition coefficient (Wildman–Crippen LogP) is 1.14. The molecule has 1 N–H and O–H groups in total. The molecule has 0 radical (unpaired) electrons. The molecule has 3 heterocycles. The van der Waals surface area contributed by atoms with Crippen LogP contribution in [-0.4, -0.2) is 74.9 Å². The van der Waals surface area contributed by atoms with Crippen LogP contribution in [0.4, 0.5) is 0 Å². The van der Waals surface area contributed by atoms with Crippen molar-refractivity contribution in [2.45, 2.75) is 39.8 Å². The average Bonchev–Trinajstić information content (AvgIpc) is 3.33. The van der Waals surface area contributed by atoms with Gasteiger partial charge < -0.3 is 19.3 Å². The summed E-state index contributed by atoms with van der Waals surface area (Å²) in [5.41, 5.74) is 1.01. The second-order valence-electron chi connectivity index (χ2n) is 6.83. The first-order valence-corrected chi connectivity index (χ1v) is 9.75. The maximum Gasteiger partial charge on any atom is 0.194 e. The Morgan fingerprint density at radius 1 is 1.19 bits per heavy atom. The summed E-state index contributed by atoms with van der Waals surface area (Å²) in [6.45, 7) is 11.5. The normalized spacial score (nSPS) is 16.1. The zero-order valence-electron chi connectivity index (χ0n) is 16.3. The number of hydrogen-bond acceptors (Lipinski definition) is 6. The SMILES string of the molecule is CCNC(=NCCCCn1cnnc1)N1CCN(Cc2cc(C)on2)CC1. The first kappa shape index (κ1) is 19.3. The Morgan fingerprint density at radius 2 is 1.96 bits per heavy atom. The standard InChI is InChI=1S/C18H30N8O/c1-3-19-18(20-6-4-5-7-25-14-21-22-15-25)26-10-8-24(9-11-26)13-17-12-16(2)27-23-17/h12,14-15H,3-11,13H2,1-2H3,(H,19,20). The third-order valence-electron chi connectivity index (χ3n) is 4.62. The molecule has 1 aliphatic heterocycles. The Bertz CT molecular complexity index is 688.